The molecule has 0 radical (unpaired) electrons. The zero-order chi connectivity index (χ0) is 16.9. The molecule has 2 aromatic rings. The monoisotopic (exact) mass is 338 g/mol. The number of rotatable bonds is 3. The number of Topliss-reactive ketones (excluding diaryl/α,β-unsaturated/α-hetero) is 1. The SMILES string of the molecule is O=C(CC1c2ccccc2-c2cncn21)C1CCC2(CC1)OCCO2. The molecule has 1 aromatic heterocycles. The van der Waals surface area contributed by atoms with E-state index in [-0.39, 0.29) is 12.0 Å². The fraction of sp³-hybridized carbons (Fsp3) is 0.500. The van der Waals surface area contributed by atoms with E-state index in [1.807, 2.05) is 18.6 Å². The van der Waals surface area contributed by atoms with Crippen molar-refractivity contribution >= 4 is 5.78 Å². The number of fused-ring (bicyclic) bond motifs is 3. The maximum Gasteiger partial charge on any atom is 0.168 e. The topological polar surface area (TPSA) is 53.4 Å². The van der Waals surface area contributed by atoms with E-state index in [2.05, 4.69) is 27.8 Å². The normalized spacial score (nSPS) is 24.4. The molecular formula is C20H22N2O3. The third-order valence-electron chi connectivity index (χ3n) is 6.01. The lowest BCUT2D eigenvalue weighted by molar-refractivity contribution is -0.183. The molecular weight excluding hydrogens is 316 g/mol. The summed E-state index contributed by atoms with van der Waals surface area (Å²) >= 11 is 0. The minimum Gasteiger partial charge on any atom is -0.348 e. The molecule has 5 rings (SSSR count). The molecule has 1 spiro atoms. The molecule has 1 aromatic carbocycles. The van der Waals surface area contributed by atoms with Crippen LogP contribution in [0.2, 0.25) is 0 Å². The van der Waals surface area contributed by atoms with Gasteiger partial charge in [0.25, 0.3) is 0 Å². The third kappa shape index (κ3) is 2.45. The molecule has 1 saturated heterocycles. The van der Waals surface area contributed by atoms with Crippen LogP contribution >= 0.6 is 0 Å². The highest BCUT2D eigenvalue weighted by molar-refractivity contribution is 5.83. The van der Waals surface area contributed by atoms with Crippen molar-refractivity contribution in [1.82, 2.24) is 9.55 Å². The largest absolute Gasteiger partial charge is 0.348 e. The highest BCUT2D eigenvalue weighted by atomic mass is 16.7. The Hall–Kier alpha value is -1.98. The van der Waals surface area contributed by atoms with E-state index in [0.717, 1.165) is 31.4 Å². The van der Waals surface area contributed by atoms with Gasteiger partial charge in [-0.1, -0.05) is 24.3 Å². The molecule has 1 atom stereocenters. The van der Waals surface area contributed by atoms with Gasteiger partial charge in [-0.25, -0.2) is 4.98 Å². The Labute approximate surface area is 147 Å². The summed E-state index contributed by atoms with van der Waals surface area (Å²) in [6.45, 7) is 1.36. The number of aromatic nitrogens is 2. The lowest BCUT2D eigenvalue weighted by Crippen LogP contribution is -2.37. The summed E-state index contributed by atoms with van der Waals surface area (Å²) in [5.74, 6) is 0.0844. The van der Waals surface area contributed by atoms with Crippen molar-refractivity contribution in [2.45, 2.75) is 43.9 Å². The third-order valence-corrected chi connectivity index (χ3v) is 6.01. The lowest BCUT2D eigenvalue weighted by Gasteiger charge is -2.35. The minimum atomic E-state index is -0.395. The first-order valence-corrected chi connectivity index (χ1v) is 9.17. The van der Waals surface area contributed by atoms with Crippen LogP contribution in [-0.2, 0) is 14.3 Å². The fourth-order valence-electron chi connectivity index (χ4n) is 4.66. The average Bonchev–Trinajstić information content (AvgIpc) is 3.35. The molecule has 130 valence electrons. The van der Waals surface area contributed by atoms with Gasteiger partial charge in [0.05, 0.1) is 37.5 Å². The van der Waals surface area contributed by atoms with E-state index in [9.17, 15) is 4.79 Å². The van der Waals surface area contributed by atoms with Gasteiger partial charge in [-0.15, -0.1) is 0 Å². The summed E-state index contributed by atoms with van der Waals surface area (Å²) in [5, 5.41) is 0. The lowest BCUT2D eigenvalue weighted by atomic mass is 9.80. The quantitative estimate of drug-likeness (QED) is 0.861. The maximum atomic E-state index is 13.0. The predicted molar refractivity (Wildman–Crippen MR) is 92.0 cm³/mol. The van der Waals surface area contributed by atoms with Crippen molar-refractivity contribution in [1.29, 1.82) is 0 Å². The Morgan fingerprint density at radius 1 is 1.20 bits per heavy atom. The molecule has 2 fully saturated rings. The number of ether oxygens (including phenoxy) is 2. The number of benzene rings is 1. The highest BCUT2D eigenvalue weighted by Gasteiger charge is 2.42. The van der Waals surface area contributed by atoms with Gasteiger partial charge in [-0.05, 0) is 18.4 Å². The Kier molecular flexibility index (Phi) is 3.54. The number of hydrogen-bond donors (Lipinski definition) is 0. The van der Waals surface area contributed by atoms with Crippen LogP contribution < -0.4 is 0 Å². The molecule has 1 aliphatic carbocycles. The van der Waals surface area contributed by atoms with Crippen molar-refractivity contribution in [3.05, 3.63) is 42.4 Å². The second-order valence-electron chi connectivity index (χ2n) is 7.34. The van der Waals surface area contributed by atoms with Crippen LogP contribution in [0.1, 0.15) is 43.7 Å². The summed E-state index contributed by atoms with van der Waals surface area (Å²) in [4.78, 5) is 17.3. The van der Waals surface area contributed by atoms with Crippen molar-refractivity contribution in [2.75, 3.05) is 13.2 Å². The van der Waals surface area contributed by atoms with Crippen LogP contribution in [0, 0.1) is 5.92 Å². The van der Waals surface area contributed by atoms with Crippen LogP contribution in [0.3, 0.4) is 0 Å². The molecule has 0 N–H and O–H groups in total. The molecule has 5 nitrogen and oxygen atoms in total. The van der Waals surface area contributed by atoms with Crippen LogP contribution in [0.15, 0.2) is 36.8 Å². The zero-order valence-corrected chi connectivity index (χ0v) is 14.2. The van der Waals surface area contributed by atoms with Crippen molar-refractivity contribution in [3.63, 3.8) is 0 Å². The first kappa shape index (κ1) is 15.3. The zero-order valence-electron chi connectivity index (χ0n) is 14.2. The van der Waals surface area contributed by atoms with Gasteiger partial charge < -0.3 is 14.0 Å². The number of ketones is 1. The standard InChI is InChI=1S/C20H22N2O3/c23-19(14-5-7-20(8-6-14)24-9-10-25-20)11-17-15-3-1-2-4-16(15)18-12-21-13-22(17)18/h1-4,12-14,17H,5-11H2. The first-order chi connectivity index (χ1) is 12.3. The summed E-state index contributed by atoms with van der Waals surface area (Å²) in [7, 11) is 0. The van der Waals surface area contributed by atoms with Gasteiger partial charge in [0.2, 0.25) is 0 Å². The molecule has 0 bridgehead atoms. The van der Waals surface area contributed by atoms with E-state index in [1.165, 1.54) is 11.1 Å². The van der Waals surface area contributed by atoms with Crippen molar-refractivity contribution in [2.24, 2.45) is 5.92 Å². The average molecular weight is 338 g/mol. The second kappa shape index (κ2) is 5.78. The number of carbonyl (C=O) groups excluding carboxylic acids is 1. The van der Waals surface area contributed by atoms with Gasteiger partial charge in [0, 0.05) is 30.7 Å². The number of carbonyl (C=O) groups is 1. The second-order valence-corrected chi connectivity index (χ2v) is 7.34. The van der Waals surface area contributed by atoms with Gasteiger partial charge in [0.15, 0.2) is 5.79 Å². The summed E-state index contributed by atoms with van der Waals surface area (Å²) < 4.78 is 13.7. The number of imidazole rings is 1. The highest BCUT2D eigenvalue weighted by Crippen LogP contribution is 2.43. The molecule has 1 unspecified atom stereocenters. The molecule has 0 amide bonds. The summed E-state index contributed by atoms with van der Waals surface area (Å²) in [5.41, 5.74) is 3.56. The van der Waals surface area contributed by atoms with Gasteiger partial charge >= 0.3 is 0 Å². The van der Waals surface area contributed by atoms with Gasteiger partial charge in [0.1, 0.15) is 5.78 Å². The van der Waals surface area contributed by atoms with E-state index < -0.39 is 5.79 Å². The van der Waals surface area contributed by atoms with Crippen LogP contribution in [0.4, 0.5) is 0 Å². The number of hydrogen-bond acceptors (Lipinski definition) is 4. The Morgan fingerprint density at radius 2 is 1.96 bits per heavy atom. The smallest absolute Gasteiger partial charge is 0.168 e. The Morgan fingerprint density at radius 3 is 2.76 bits per heavy atom. The van der Waals surface area contributed by atoms with Crippen LogP contribution in [0.25, 0.3) is 11.3 Å². The van der Waals surface area contributed by atoms with E-state index >= 15 is 0 Å². The van der Waals surface area contributed by atoms with E-state index in [1.54, 1.807) is 0 Å². The summed E-state index contributed by atoms with van der Waals surface area (Å²) in [6.07, 6.45) is 7.68. The van der Waals surface area contributed by atoms with Gasteiger partial charge in [-0.3, -0.25) is 4.79 Å². The molecule has 3 aliphatic rings. The van der Waals surface area contributed by atoms with E-state index in [4.69, 9.17) is 9.47 Å². The maximum absolute atomic E-state index is 13.0. The molecule has 5 heteroatoms. The number of nitrogens with zero attached hydrogens (tertiary/aromatic N) is 2. The Balaban J connectivity index is 1.32. The fourth-order valence-corrected chi connectivity index (χ4v) is 4.66. The molecule has 1 saturated carbocycles. The predicted octanol–water partition coefficient (Wildman–Crippen LogP) is 3.35. The minimum absolute atomic E-state index is 0.0797. The van der Waals surface area contributed by atoms with E-state index in [0.29, 0.717) is 25.4 Å². The molecule has 25 heavy (non-hydrogen) atoms. The molecule has 2 aliphatic heterocycles. The first-order valence-electron chi connectivity index (χ1n) is 9.17. The summed E-state index contributed by atoms with van der Waals surface area (Å²) in [6, 6.07) is 8.43. The molecule has 3 heterocycles. The van der Waals surface area contributed by atoms with Crippen molar-refractivity contribution in [3.8, 4) is 11.3 Å². The van der Waals surface area contributed by atoms with Crippen LogP contribution in [0.5, 0.6) is 0 Å². The van der Waals surface area contributed by atoms with Crippen molar-refractivity contribution < 1.29 is 14.3 Å². The van der Waals surface area contributed by atoms with Crippen LogP contribution in [-0.4, -0.2) is 34.3 Å². The van der Waals surface area contributed by atoms with Gasteiger partial charge in [-0.2, -0.15) is 0 Å². The Bertz CT molecular complexity index is 797.